The molecule has 4 rings (SSSR count). The SMILES string of the molecule is CO[n+]1ccccc1CCNCc1cccc(CCNC[C@H](O)c2ccc(O)c3[nH]c(=O)sc23)c1. The van der Waals surface area contributed by atoms with Crippen LogP contribution in [0.2, 0.25) is 0 Å². The smallest absolute Gasteiger partial charge is 0.305 e. The molecule has 8 nitrogen and oxygen atoms in total. The first-order valence-corrected chi connectivity index (χ1v) is 12.4. The van der Waals surface area contributed by atoms with Gasteiger partial charge in [0.1, 0.15) is 18.4 Å². The summed E-state index contributed by atoms with van der Waals surface area (Å²) in [5.41, 5.74) is 4.58. The van der Waals surface area contributed by atoms with Crippen molar-refractivity contribution in [1.29, 1.82) is 0 Å². The zero-order valence-electron chi connectivity index (χ0n) is 19.7. The summed E-state index contributed by atoms with van der Waals surface area (Å²) in [6, 6.07) is 17.7. The zero-order chi connectivity index (χ0) is 24.6. The summed E-state index contributed by atoms with van der Waals surface area (Å²) in [6.45, 7) is 2.70. The number of rotatable bonds is 12. The van der Waals surface area contributed by atoms with Crippen LogP contribution in [0.3, 0.4) is 0 Å². The standard InChI is InChI=1S/C26H30N4O4S/c1-34-30-14-3-2-7-20(30)11-13-27-16-19-6-4-5-18(15-19)10-12-28-17-23(32)21-8-9-22(31)24-25(21)35-26(33)29-24/h2-9,14-15,23,27-28,32H,10-13,16-17H2,1H3,(H-,29,31,33)/p+1/t23-/m0/s1. The number of benzene rings is 2. The van der Waals surface area contributed by atoms with E-state index in [0.29, 0.717) is 28.9 Å². The lowest BCUT2D eigenvalue weighted by Crippen LogP contribution is -2.44. The van der Waals surface area contributed by atoms with Gasteiger partial charge >= 0.3 is 4.87 Å². The second-order valence-corrected chi connectivity index (χ2v) is 9.29. The molecule has 0 saturated heterocycles. The molecule has 0 radical (unpaired) electrons. The highest BCUT2D eigenvalue weighted by Gasteiger charge is 2.16. The van der Waals surface area contributed by atoms with Gasteiger partial charge in [0.25, 0.3) is 0 Å². The largest absolute Gasteiger partial charge is 0.506 e. The maximum atomic E-state index is 11.7. The van der Waals surface area contributed by atoms with Gasteiger partial charge in [-0.1, -0.05) is 41.7 Å². The number of aromatic hydroxyl groups is 1. The maximum Gasteiger partial charge on any atom is 0.305 e. The van der Waals surface area contributed by atoms with E-state index in [1.54, 1.807) is 17.9 Å². The number of fused-ring (bicyclic) bond motifs is 1. The molecule has 5 N–H and O–H groups in total. The highest BCUT2D eigenvalue weighted by atomic mass is 32.1. The van der Waals surface area contributed by atoms with Crippen LogP contribution in [0.25, 0.3) is 10.2 Å². The fourth-order valence-corrected chi connectivity index (χ4v) is 4.98. The normalized spacial score (nSPS) is 12.2. The van der Waals surface area contributed by atoms with E-state index in [9.17, 15) is 15.0 Å². The summed E-state index contributed by atoms with van der Waals surface area (Å²) >= 11 is 0.995. The number of aliphatic hydroxyl groups is 1. The quantitative estimate of drug-likeness (QED) is 0.152. The number of nitrogens with zero attached hydrogens (tertiary/aromatic N) is 1. The van der Waals surface area contributed by atoms with E-state index in [4.69, 9.17) is 4.84 Å². The predicted molar refractivity (Wildman–Crippen MR) is 137 cm³/mol. The molecule has 2 aromatic carbocycles. The van der Waals surface area contributed by atoms with Gasteiger partial charge in [-0.25, -0.2) is 0 Å². The second-order valence-electron chi connectivity index (χ2n) is 8.31. The average Bonchev–Trinajstić information content (AvgIpc) is 3.27. The molecule has 1 atom stereocenters. The Balaban J connectivity index is 1.22. The van der Waals surface area contributed by atoms with Gasteiger partial charge in [-0.15, -0.1) is 0 Å². The summed E-state index contributed by atoms with van der Waals surface area (Å²) in [7, 11) is 1.66. The number of aromatic amines is 1. The first-order valence-electron chi connectivity index (χ1n) is 11.6. The topological polar surface area (TPSA) is 110 Å². The van der Waals surface area contributed by atoms with Crippen molar-refractivity contribution in [2.75, 3.05) is 26.7 Å². The van der Waals surface area contributed by atoms with Crippen LogP contribution >= 0.6 is 11.3 Å². The lowest BCUT2D eigenvalue weighted by Gasteiger charge is -2.13. The average molecular weight is 496 g/mol. The fraction of sp³-hybridized carbons (Fsp3) is 0.308. The van der Waals surface area contributed by atoms with Crippen molar-refractivity contribution >= 4 is 21.6 Å². The van der Waals surface area contributed by atoms with E-state index < -0.39 is 6.10 Å². The highest BCUT2D eigenvalue weighted by Crippen LogP contribution is 2.31. The number of phenolic OH excluding ortho intramolecular Hbond substituents is 1. The number of aliphatic hydroxyl groups excluding tert-OH is 1. The van der Waals surface area contributed by atoms with Crippen LogP contribution in [0.1, 0.15) is 28.5 Å². The van der Waals surface area contributed by atoms with Gasteiger partial charge in [0.2, 0.25) is 11.9 Å². The molecule has 0 aliphatic rings. The second kappa shape index (κ2) is 11.9. The minimum absolute atomic E-state index is 0.00955. The summed E-state index contributed by atoms with van der Waals surface area (Å²) < 4.78 is 2.37. The zero-order valence-corrected chi connectivity index (χ0v) is 20.5. The first kappa shape index (κ1) is 24.9. The number of nitrogens with one attached hydrogen (secondary N) is 3. The van der Waals surface area contributed by atoms with Crippen molar-refractivity contribution in [3.05, 3.63) is 92.8 Å². The van der Waals surface area contributed by atoms with Crippen LogP contribution in [0, 0.1) is 0 Å². The Morgan fingerprint density at radius 1 is 1.06 bits per heavy atom. The van der Waals surface area contributed by atoms with Gasteiger partial charge in [-0.05, 0) is 36.2 Å². The van der Waals surface area contributed by atoms with E-state index in [-0.39, 0.29) is 10.6 Å². The molecule has 0 aliphatic carbocycles. The van der Waals surface area contributed by atoms with Gasteiger partial charge in [-0.2, -0.15) is 0 Å². The molecule has 0 amide bonds. The molecule has 0 saturated carbocycles. The fourth-order valence-electron chi connectivity index (χ4n) is 4.06. The molecule has 35 heavy (non-hydrogen) atoms. The summed E-state index contributed by atoms with van der Waals surface area (Å²) in [4.78, 5) is 19.4. The van der Waals surface area contributed by atoms with Gasteiger partial charge in [0, 0.05) is 48.5 Å². The van der Waals surface area contributed by atoms with Gasteiger partial charge < -0.3 is 25.8 Å². The Morgan fingerprint density at radius 2 is 1.89 bits per heavy atom. The van der Waals surface area contributed by atoms with E-state index in [2.05, 4.69) is 45.9 Å². The minimum Gasteiger partial charge on any atom is -0.506 e. The lowest BCUT2D eigenvalue weighted by molar-refractivity contribution is -0.890. The van der Waals surface area contributed by atoms with Gasteiger partial charge in [0.15, 0.2) is 0 Å². The number of hydrogen-bond acceptors (Lipinski definition) is 7. The molecular formula is C26H31N4O4S+. The Labute approximate surface area is 207 Å². The van der Waals surface area contributed by atoms with Crippen molar-refractivity contribution in [3.8, 4) is 5.75 Å². The molecule has 4 aromatic rings. The predicted octanol–water partition coefficient (Wildman–Crippen LogP) is 1.84. The molecule has 0 aliphatic heterocycles. The molecule has 2 heterocycles. The van der Waals surface area contributed by atoms with E-state index >= 15 is 0 Å². The van der Waals surface area contributed by atoms with Crippen LogP contribution in [-0.4, -0.2) is 41.9 Å². The number of hydrogen-bond donors (Lipinski definition) is 5. The van der Waals surface area contributed by atoms with Crippen molar-refractivity contribution in [2.45, 2.75) is 25.5 Å². The highest BCUT2D eigenvalue weighted by molar-refractivity contribution is 7.16. The first-order chi connectivity index (χ1) is 17.0. The van der Waals surface area contributed by atoms with Crippen LogP contribution in [0.4, 0.5) is 0 Å². The van der Waals surface area contributed by atoms with Crippen LogP contribution in [0.5, 0.6) is 5.75 Å². The molecule has 2 aromatic heterocycles. The van der Waals surface area contributed by atoms with Gasteiger partial charge in [-0.3, -0.25) is 9.63 Å². The Kier molecular flexibility index (Phi) is 8.49. The molecular weight excluding hydrogens is 464 g/mol. The Morgan fingerprint density at radius 3 is 2.74 bits per heavy atom. The number of thiazole rings is 1. The van der Waals surface area contributed by atoms with Crippen molar-refractivity contribution in [3.63, 3.8) is 0 Å². The third-order valence-corrected chi connectivity index (χ3v) is 6.79. The summed E-state index contributed by atoms with van der Waals surface area (Å²) in [5.74, 6) is 0.00955. The molecule has 0 bridgehead atoms. The number of pyridine rings is 1. The molecule has 0 unspecified atom stereocenters. The monoisotopic (exact) mass is 495 g/mol. The van der Waals surface area contributed by atoms with Gasteiger partial charge in [0.05, 0.1) is 10.8 Å². The van der Waals surface area contributed by atoms with Crippen molar-refractivity contribution in [2.24, 2.45) is 0 Å². The third-order valence-electron chi connectivity index (χ3n) is 5.85. The number of H-pyrrole nitrogens is 1. The number of phenols is 1. The lowest BCUT2D eigenvalue weighted by atomic mass is 10.1. The van der Waals surface area contributed by atoms with E-state index in [0.717, 1.165) is 43.0 Å². The van der Waals surface area contributed by atoms with E-state index in [1.807, 2.05) is 18.3 Å². The number of aromatic nitrogens is 2. The third kappa shape index (κ3) is 6.46. The van der Waals surface area contributed by atoms with Crippen molar-refractivity contribution in [1.82, 2.24) is 15.6 Å². The maximum absolute atomic E-state index is 11.7. The summed E-state index contributed by atoms with van der Waals surface area (Å²) in [6.07, 6.45) is 2.83. The van der Waals surface area contributed by atoms with Crippen molar-refractivity contribution < 1.29 is 19.8 Å². The van der Waals surface area contributed by atoms with Crippen LogP contribution in [-0.2, 0) is 19.4 Å². The van der Waals surface area contributed by atoms with Crippen LogP contribution < -0.4 is 25.1 Å². The van der Waals surface area contributed by atoms with E-state index in [1.165, 1.54) is 17.2 Å². The molecule has 0 spiro atoms. The Hall–Kier alpha value is -3.24. The summed E-state index contributed by atoms with van der Waals surface area (Å²) in [5, 5.41) is 27.3. The molecule has 9 heteroatoms. The van der Waals surface area contributed by atoms with Crippen LogP contribution in [0.15, 0.2) is 65.6 Å². The minimum atomic E-state index is -0.776. The Bertz CT molecular complexity index is 1320. The molecule has 184 valence electrons. The molecule has 0 fully saturated rings.